The van der Waals surface area contributed by atoms with Gasteiger partial charge in [0.2, 0.25) is 0 Å². The summed E-state index contributed by atoms with van der Waals surface area (Å²) >= 11 is 5.12. The Morgan fingerprint density at radius 2 is 2.05 bits per heavy atom. The average Bonchev–Trinajstić information content (AvgIpc) is 2.79. The maximum Gasteiger partial charge on any atom is 0.140 e. The lowest BCUT2D eigenvalue weighted by Crippen LogP contribution is -2.11. The first-order valence-electron chi connectivity index (χ1n) is 6.20. The van der Waals surface area contributed by atoms with E-state index < -0.39 is 0 Å². The first kappa shape index (κ1) is 14.5. The summed E-state index contributed by atoms with van der Waals surface area (Å²) in [7, 11) is 0. The predicted octanol–water partition coefficient (Wildman–Crippen LogP) is 5.09. The van der Waals surface area contributed by atoms with Gasteiger partial charge in [-0.1, -0.05) is 42.8 Å². The van der Waals surface area contributed by atoms with Crippen molar-refractivity contribution in [3.05, 3.63) is 44.3 Å². The van der Waals surface area contributed by atoms with Gasteiger partial charge < -0.3 is 4.74 Å². The van der Waals surface area contributed by atoms with E-state index >= 15 is 0 Å². The van der Waals surface area contributed by atoms with Gasteiger partial charge in [-0.3, -0.25) is 0 Å². The molecule has 1 heterocycles. The molecule has 0 saturated heterocycles. The van der Waals surface area contributed by atoms with E-state index in [4.69, 9.17) is 4.74 Å². The summed E-state index contributed by atoms with van der Waals surface area (Å²) < 4.78 is 6.88. The van der Waals surface area contributed by atoms with Crippen LogP contribution in [0.15, 0.2) is 28.1 Å². The molecule has 0 fully saturated rings. The van der Waals surface area contributed by atoms with Crippen LogP contribution in [-0.4, -0.2) is 4.98 Å². The summed E-state index contributed by atoms with van der Waals surface area (Å²) in [4.78, 5) is 4.63. The molecule has 0 spiro atoms. The standard InChI is InChI=1S/C15H18BrNOS/c1-10-5-6-11(16)7-12(10)18-8-14-17-13(9-19-14)15(2,3)4/h5-7,9H,8H2,1-4H3. The molecule has 2 rings (SSSR count). The molecule has 0 radical (unpaired) electrons. The third-order valence-electron chi connectivity index (χ3n) is 2.82. The van der Waals surface area contributed by atoms with Crippen molar-refractivity contribution in [2.45, 2.75) is 39.7 Å². The van der Waals surface area contributed by atoms with Gasteiger partial charge in [-0.15, -0.1) is 11.3 Å². The molecule has 2 nitrogen and oxygen atoms in total. The lowest BCUT2D eigenvalue weighted by atomic mass is 9.93. The summed E-state index contributed by atoms with van der Waals surface area (Å²) in [6, 6.07) is 6.05. The summed E-state index contributed by atoms with van der Waals surface area (Å²) in [5.74, 6) is 0.905. The Hall–Kier alpha value is -0.870. The van der Waals surface area contributed by atoms with Crippen LogP contribution in [0.2, 0.25) is 0 Å². The van der Waals surface area contributed by atoms with Crippen LogP contribution in [0.25, 0.3) is 0 Å². The summed E-state index contributed by atoms with van der Waals surface area (Å²) in [5, 5.41) is 3.14. The van der Waals surface area contributed by atoms with Crippen LogP contribution < -0.4 is 4.74 Å². The van der Waals surface area contributed by atoms with Crippen LogP contribution in [0.1, 0.15) is 37.0 Å². The fourth-order valence-electron chi connectivity index (χ4n) is 1.59. The Bertz CT molecular complexity index is 572. The Morgan fingerprint density at radius 1 is 1.32 bits per heavy atom. The molecule has 0 aliphatic carbocycles. The van der Waals surface area contributed by atoms with E-state index in [9.17, 15) is 0 Å². The number of benzene rings is 1. The van der Waals surface area contributed by atoms with E-state index in [1.807, 2.05) is 25.1 Å². The first-order valence-corrected chi connectivity index (χ1v) is 7.87. The van der Waals surface area contributed by atoms with Gasteiger partial charge in [0.1, 0.15) is 17.4 Å². The van der Waals surface area contributed by atoms with Crippen LogP contribution in [0.4, 0.5) is 0 Å². The first-order chi connectivity index (χ1) is 8.86. The summed E-state index contributed by atoms with van der Waals surface area (Å²) in [5.41, 5.74) is 2.36. The van der Waals surface area contributed by atoms with Crippen molar-refractivity contribution in [1.29, 1.82) is 0 Å². The number of halogens is 1. The van der Waals surface area contributed by atoms with Gasteiger partial charge in [0.15, 0.2) is 0 Å². The molecule has 0 atom stereocenters. The number of ether oxygens (including phenoxy) is 1. The van der Waals surface area contributed by atoms with Crippen LogP contribution in [0, 0.1) is 6.92 Å². The van der Waals surface area contributed by atoms with E-state index in [0.717, 1.165) is 26.5 Å². The molecule has 102 valence electrons. The van der Waals surface area contributed by atoms with Gasteiger partial charge in [0.05, 0.1) is 5.69 Å². The molecule has 0 saturated carbocycles. The minimum atomic E-state index is 0.0977. The molecule has 19 heavy (non-hydrogen) atoms. The van der Waals surface area contributed by atoms with Crippen molar-refractivity contribution in [3.8, 4) is 5.75 Å². The van der Waals surface area contributed by atoms with E-state index in [1.54, 1.807) is 11.3 Å². The van der Waals surface area contributed by atoms with Gasteiger partial charge in [-0.25, -0.2) is 4.98 Å². The second-order valence-electron chi connectivity index (χ2n) is 5.57. The number of aryl methyl sites for hydroxylation is 1. The molecule has 2 aromatic rings. The van der Waals surface area contributed by atoms with Gasteiger partial charge >= 0.3 is 0 Å². The smallest absolute Gasteiger partial charge is 0.140 e. The SMILES string of the molecule is Cc1ccc(Br)cc1OCc1nc(C(C)(C)C)cs1. The number of hydrogen-bond acceptors (Lipinski definition) is 3. The van der Waals surface area contributed by atoms with Gasteiger partial charge in [0.25, 0.3) is 0 Å². The van der Waals surface area contributed by atoms with Crippen LogP contribution >= 0.6 is 27.3 Å². The van der Waals surface area contributed by atoms with Crippen molar-refractivity contribution < 1.29 is 4.74 Å². The van der Waals surface area contributed by atoms with Crippen molar-refractivity contribution in [2.75, 3.05) is 0 Å². The molecule has 0 N–H and O–H groups in total. The van der Waals surface area contributed by atoms with Gasteiger partial charge in [0, 0.05) is 15.3 Å². The minimum Gasteiger partial charge on any atom is -0.486 e. The Kier molecular flexibility index (Phi) is 4.31. The number of thiazole rings is 1. The lowest BCUT2D eigenvalue weighted by Gasteiger charge is -2.14. The zero-order valence-electron chi connectivity index (χ0n) is 11.7. The Balaban J connectivity index is 2.06. The quantitative estimate of drug-likeness (QED) is 0.776. The molecule has 0 unspecified atom stereocenters. The Morgan fingerprint density at radius 3 is 2.68 bits per heavy atom. The summed E-state index contributed by atoms with van der Waals surface area (Å²) in [6.07, 6.45) is 0. The highest BCUT2D eigenvalue weighted by Crippen LogP contribution is 2.26. The topological polar surface area (TPSA) is 22.1 Å². The molecular formula is C15H18BrNOS. The van der Waals surface area contributed by atoms with E-state index in [-0.39, 0.29) is 5.41 Å². The fraction of sp³-hybridized carbons (Fsp3) is 0.400. The normalized spacial score (nSPS) is 11.6. The highest BCUT2D eigenvalue weighted by atomic mass is 79.9. The molecule has 0 aliphatic heterocycles. The molecular weight excluding hydrogens is 322 g/mol. The van der Waals surface area contributed by atoms with Crippen LogP contribution in [0.5, 0.6) is 5.75 Å². The highest BCUT2D eigenvalue weighted by Gasteiger charge is 2.17. The molecule has 4 heteroatoms. The predicted molar refractivity (Wildman–Crippen MR) is 84.0 cm³/mol. The zero-order chi connectivity index (χ0) is 14.0. The van der Waals surface area contributed by atoms with Crippen molar-refractivity contribution in [1.82, 2.24) is 4.98 Å². The largest absolute Gasteiger partial charge is 0.486 e. The van der Waals surface area contributed by atoms with E-state index in [2.05, 4.69) is 47.1 Å². The zero-order valence-corrected chi connectivity index (χ0v) is 14.1. The highest BCUT2D eigenvalue weighted by molar-refractivity contribution is 9.10. The van der Waals surface area contributed by atoms with Crippen molar-refractivity contribution in [3.63, 3.8) is 0 Å². The fourth-order valence-corrected chi connectivity index (χ4v) is 2.86. The van der Waals surface area contributed by atoms with Crippen molar-refractivity contribution in [2.24, 2.45) is 0 Å². The van der Waals surface area contributed by atoms with Crippen molar-refractivity contribution >= 4 is 27.3 Å². The third kappa shape index (κ3) is 3.80. The molecule has 1 aromatic heterocycles. The summed E-state index contributed by atoms with van der Waals surface area (Å²) in [6.45, 7) is 9.09. The number of hydrogen-bond donors (Lipinski definition) is 0. The number of nitrogens with zero attached hydrogens (tertiary/aromatic N) is 1. The van der Waals surface area contributed by atoms with E-state index in [0.29, 0.717) is 6.61 Å². The second kappa shape index (κ2) is 5.63. The molecule has 0 aliphatic rings. The van der Waals surface area contributed by atoms with E-state index in [1.165, 1.54) is 0 Å². The molecule has 0 amide bonds. The maximum absolute atomic E-state index is 5.85. The second-order valence-corrected chi connectivity index (χ2v) is 7.43. The number of aromatic nitrogens is 1. The van der Waals surface area contributed by atoms with Gasteiger partial charge in [-0.05, 0) is 24.6 Å². The van der Waals surface area contributed by atoms with Crippen LogP contribution in [-0.2, 0) is 12.0 Å². The monoisotopic (exact) mass is 339 g/mol. The molecule has 0 bridgehead atoms. The minimum absolute atomic E-state index is 0.0977. The Labute approximate surface area is 127 Å². The third-order valence-corrected chi connectivity index (χ3v) is 4.14. The lowest BCUT2D eigenvalue weighted by molar-refractivity contribution is 0.302. The van der Waals surface area contributed by atoms with Gasteiger partial charge in [-0.2, -0.15) is 0 Å². The average molecular weight is 340 g/mol. The maximum atomic E-state index is 5.85. The molecule has 1 aromatic carbocycles. The van der Waals surface area contributed by atoms with Crippen LogP contribution in [0.3, 0.4) is 0 Å². The number of rotatable bonds is 3.